The maximum Gasteiger partial charge on any atom is 0.221 e. The summed E-state index contributed by atoms with van der Waals surface area (Å²) in [6.45, 7) is 10.3. The Labute approximate surface area is 179 Å². The number of fused-ring (bicyclic) bond motifs is 3. The summed E-state index contributed by atoms with van der Waals surface area (Å²) >= 11 is 0. The highest BCUT2D eigenvalue weighted by Crippen LogP contribution is 2.20. The molecule has 2 bridgehead atoms. The SMILES string of the molecule is I.N=C(N=C(N)N)N(CCC[N+]12CCN(CC1)CC2)CCc1ccccc1. The molecule has 8 heteroatoms. The fraction of sp³-hybridized carbons (Fsp3) is 0.579. The number of nitrogens with one attached hydrogen (secondary N) is 1. The summed E-state index contributed by atoms with van der Waals surface area (Å²) in [5.74, 6) is 0.123. The minimum absolute atomic E-state index is 0. The summed E-state index contributed by atoms with van der Waals surface area (Å²) in [5.41, 5.74) is 12.2. The third kappa shape index (κ3) is 6.32. The maximum atomic E-state index is 8.23. The van der Waals surface area contributed by atoms with Gasteiger partial charge in [0.1, 0.15) is 0 Å². The molecule has 4 rings (SSSR count). The van der Waals surface area contributed by atoms with Crippen LogP contribution in [0, 0.1) is 5.41 Å². The average Bonchev–Trinajstić information content (AvgIpc) is 2.66. The van der Waals surface area contributed by atoms with Gasteiger partial charge in [0.2, 0.25) is 5.96 Å². The first-order chi connectivity index (χ1) is 12.6. The Morgan fingerprint density at radius 2 is 1.70 bits per heavy atom. The predicted molar refractivity (Wildman–Crippen MR) is 121 cm³/mol. The topological polar surface area (TPSA) is 94.7 Å². The molecule has 27 heavy (non-hydrogen) atoms. The van der Waals surface area contributed by atoms with Gasteiger partial charge in [0, 0.05) is 39.1 Å². The fourth-order valence-corrected chi connectivity index (χ4v) is 4.09. The zero-order valence-electron chi connectivity index (χ0n) is 16.0. The van der Waals surface area contributed by atoms with Crippen molar-refractivity contribution in [2.45, 2.75) is 12.8 Å². The molecule has 3 saturated heterocycles. The lowest BCUT2D eigenvalue weighted by atomic mass is 10.1. The van der Waals surface area contributed by atoms with E-state index in [-0.39, 0.29) is 35.9 Å². The van der Waals surface area contributed by atoms with E-state index < -0.39 is 0 Å². The van der Waals surface area contributed by atoms with E-state index in [1.807, 2.05) is 23.1 Å². The van der Waals surface area contributed by atoms with E-state index in [1.54, 1.807) is 0 Å². The lowest BCUT2D eigenvalue weighted by molar-refractivity contribution is -0.941. The Balaban J connectivity index is 0.00000261. The first-order valence-electron chi connectivity index (χ1n) is 9.61. The molecule has 0 amide bonds. The van der Waals surface area contributed by atoms with Crippen LogP contribution in [-0.4, -0.2) is 85.1 Å². The number of aliphatic imine (C=N–C) groups is 1. The van der Waals surface area contributed by atoms with Gasteiger partial charge < -0.3 is 20.9 Å². The molecule has 5 N–H and O–H groups in total. The second-order valence-corrected chi connectivity index (χ2v) is 7.51. The van der Waals surface area contributed by atoms with Crippen molar-refractivity contribution >= 4 is 35.9 Å². The number of hydrogen-bond acceptors (Lipinski definition) is 2. The fourth-order valence-electron chi connectivity index (χ4n) is 4.09. The summed E-state index contributed by atoms with van der Waals surface area (Å²) < 4.78 is 1.25. The van der Waals surface area contributed by atoms with Crippen LogP contribution >= 0.6 is 24.0 Å². The lowest BCUT2D eigenvalue weighted by Crippen LogP contribution is -2.67. The quantitative estimate of drug-likeness (QED) is 0.231. The van der Waals surface area contributed by atoms with Crippen molar-refractivity contribution in [3.63, 3.8) is 0 Å². The molecular weight excluding hydrogens is 453 g/mol. The van der Waals surface area contributed by atoms with E-state index in [0.29, 0.717) is 0 Å². The minimum atomic E-state index is -0.0475. The minimum Gasteiger partial charge on any atom is -0.370 e. The molecule has 0 atom stereocenters. The van der Waals surface area contributed by atoms with Crippen molar-refractivity contribution < 1.29 is 4.48 Å². The monoisotopic (exact) mass is 486 g/mol. The number of nitrogens with two attached hydrogens (primary N) is 2. The van der Waals surface area contributed by atoms with Gasteiger partial charge in [0.05, 0.1) is 26.2 Å². The van der Waals surface area contributed by atoms with Gasteiger partial charge in [-0.1, -0.05) is 30.3 Å². The number of hydrogen-bond donors (Lipinski definition) is 3. The van der Waals surface area contributed by atoms with Crippen molar-refractivity contribution in [3.05, 3.63) is 35.9 Å². The standard InChI is InChI=1S/C19H32N7.HI/c20-18(21)23-19(22)25(9-7-17-5-2-1-3-6-17)8-4-13-26-14-10-24(11-15-26)12-16-26;/h1-3,5-6H,4,7-16H2,(H5,20,21,22,23);1H/q+1;. The highest BCUT2D eigenvalue weighted by Gasteiger charge is 2.37. The smallest absolute Gasteiger partial charge is 0.221 e. The first-order valence-corrected chi connectivity index (χ1v) is 9.61. The van der Waals surface area contributed by atoms with Crippen LogP contribution in [0.25, 0.3) is 0 Å². The van der Waals surface area contributed by atoms with Crippen molar-refractivity contribution in [2.24, 2.45) is 16.5 Å². The van der Waals surface area contributed by atoms with Crippen LogP contribution in [-0.2, 0) is 6.42 Å². The molecule has 3 aliphatic rings. The van der Waals surface area contributed by atoms with Crippen LogP contribution in [0.3, 0.4) is 0 Å². The molecule has 0 unspecified atom stereocenters. The Morgan fingerprint density at radius 1 is 1.07 bits per heavy atom. The molecule has 0 aromatic heterocycles. The third-order valence-electron chi connectivity index (χ3n) is 5.78. The summed E-state index contributed by atoms with van der Waals surface area (Å²) in [6, 6.07) is 10.4. The Hall–Kier alpha value is -1.39. The molecule has 0 spiro atoms. The predicted octanol–water partition coefficient (Wildman–Crippen LogP) is 0.893. The number of quaternary nitrogens is 1. The second-order valence-electron chi connectivity index (χ2n) is 7.51. The van der Waals surface area contributed by atoms with Gasteiger partial charge in [0.25, 0.3) is 0 Å². The summed E-state index contributed by atoms with van der Waals surface area (Å²) in [6.07, 6.45) is 1.95. The van der Waals surface area contributed by atoms with Crippen LogP contribution in [0.15, 0.2) is 35.3 Å². The number of rotatable bonds is 7. The lowest BCUT2D eigenvalue weighted by Gasteiger charge is -2.50. The number of halogens is 1. The van der Waals surface area contributed by atoms with Gasteiger partial charge in [-0.05, 0) is 12.0 Å². The summed E-state index contributed by atoms with van der Waals surface area (Å²) in [5, 5.41) is 8.23. The molecule has 1 aromatic rings. The maximum absolute atomic E-state index is 8.23. The van der Waals surface area contributed by atoms with Crippen molar-refractivity contribution in [1.82, 2.24) is 9.80 Å². The van der Waals surface area contributed by atoms with Gasteiger partial charge in [-0.25, -0.2) is 0 Å². The molecule has 3 fully saturated rings. The molecule has 0 radical (unpaired) electrons. The van der Waals surface area contributed by atoms with E-state index in [9.17, 15) is 0 Å². The highest BCUT2D eigenvalue weighted by atomic mass is 127. The molecule has 1 aromatic carbocycles. The van der Waals surface area contributed by atoms with Gasteiger partial charge in [0.15, 0.2) is 5.96 Å². The number of guanidine groups is 2. The third-order valence-corrected chi connectivity index (χ3v) is 5.78. The van der Waals surface area contributed by atoms with Gasteiger partial charge in [-0.2, -0.15) is 4.99 Å². The van der Waals surface area contributed by atoms with E-state index in [4.69, 9.17) is 16.9 Å². The highest BCUT2D eigenvalue weighted by molar-refractivity contribution is 14.0. The molecule has 150 valence electrons. The van der Waals surface area contributed by atoms with Gasteiger partial charge >= 0.3 is 0 Å². The van der Waals surface area contributed by atoms with Crippen LogP contribution in [0.4, 0.5) is 0 Å². The van der Waals surface area contributed by atoms with Crippen LogP contribution in [0.2, 0.25) is 0 Å². The van der Waals surface area contributed by atoms with Gasteiger partial charge in [-0.15, -0.1) is 24.0 Å². The number of nitrogens with zero attached hydrogens (tertiary/aromatic N) is 4. The first kappa shape index (κ1) is 21.9. The van der Waals surface area contributed by atoms with E-state index in [2.05, 4.69) is 22.0 Å². The molecular formula is C19H33IN7+. The molecule has 3 aliphatic heterocycles. The van der Waals surface area contributed by atoms with Crippen LogP contribution in [0.5, 0.6) is 0 Å². The average molecular weight is 486 g/mol. The zero-order valence-corrected chi connectivity index (χ0v) is 18.3. The molecule has 0 saturated carbocycles. The molecule has 7 nitrogen and oxygen atoms in total. The van der Waals surface area contributed by atoms with Crippen molar-refractivity contribution in [3.8, 4) is 0 Å². The Kier molecular flexibility index (Phi) is 8.30. The van der Waals surface area contributed by atoms with E-state index in [0.717, 1.165) is 25.9 Å². The van der Waals surface area contributed by atoms with Crippen molar-refractivity contribution in [1.29, 1.82) is 5.41 Å². The molecule has 3 heterocycles. The number of benzene rings is 1. The number of piperazine rings is 3. The Morgan fingerprint density at radius 3 is 2.30 bits per heavy atom. The summed E-state index contributed by atoms with van der Waals surface area (Å²) in [4.78, 5) is 8.55. The van der Waals surface area contributed by atoms with Crippen molar-refractivity contribution in [2.75, 3.05) is 58.9 Å². The van der Waals surface area contributed by atoms with E-state index in [1.165, 1.54) is 55.9 Å². The summed E-state index contributed by atoms with van der Waals surface area (Å²) in [7, 11) is 0. The van der Waals surface area contributed by atoms with Crippen LogP contribution in [0.1, 0.15) is 12.0 Å². The van der Waals surface area contributed by atoms with Gasteiger partial charge in [-0.3, -0.25) is 10.3 Å². The molecule has 0 aliphatic carbocycles. The largest absolute Gasteiger partial charge is 0.370 e. The zero-order chi connectivity index (χ0) is 18.4. The van der Waals surface area contributed by atoms with Crippen LogP contribution < -0.4 is 11.5 Å². The second kappa shape index (κ2) is 10.2. The van der Waals surface area contributed by atoms with E-state index >= 15 is 0 Å². The Bertz CT molecular complexity index is 608. The normalized spacial score (nSPS) is 23.3.